The van der Waals surface area contributed by atoms with E-state index in [4.69, 9.17) is 19.9 Å². The average Bonchev–Trinajstić information content (AvgIpc) is 3.14. The first-order chi connectivity index (χ1) is 10.3. The predicted octanol–water partition coefficient (Wildman–Crippen LogP) is 1.31. The van der Waals surface area contributed by atoms with E-state index < -0.39 is 0 Å². The summed E-state index contributed by atoms with van der Waals surface area (Å²) in [5.74, 6) is 1.77. The van der Waals surface area contributed by atoms with E-state index in [2.05, 4.69) is 5.32 Å². The Morgan fingerprint density at radius 1 is 1.29 bits per heavy atom. The molecule has 1 saturated carbocycles. The van der Waals surface area contributed by atoms with Crippen molar-refractivity contribution in [2.24, 2.45) is 5.73 Å². The van der Waals surface area contributed by atoms with Gasteiger partial charge in [0.25, 0.3) is 5.91 Å². The van der Waals surface area contributed by atoms with Gasteiger partial charge in [-0.3, -0.25) is 4.79 Å². The molecule has 0 aromatic heterocycles. The molecule has 2 aliphatic rings. The molecule has 6 heteroatoms. The van der Waals surface area contributed by atoms with Gasteiger partial charge >= 0.3 is 0 Å². The summed E-state index contributed by atoms with van der Waals surface area (Å²) >= 11 is 0. The second kappa shape index (κ2) is 6.22. The monoisotopic (exact) mass is 292 g/mol. The third-order valence-corrected chi connectivity index (χ3v) is 3.85. The number of hydrogen-bond donors (Lipinski definition) is 2. The second-order valence-electron chi connectivity index (χ2n) is 5.35. The highest BCUT2D eigenvalue weighted by atomic mass is 16.7. The van der Waals surface area contributed by atoms with Gasteiger partial charge in [0.1, 0.15) is 5.75 Å². The van der Waals surface area contributed by atoms with E-state index in [1.165, 1.54) is 12.8 Å². The molecule has 21 heavy (non-hydrogen) atoms. The highest BCUT2D eigenvalue weighted by molar-refractivity contribution is 5.78. The van der Waals surface area contributed by atoms with Crippen LogP contribution >= 0.6 is 0 Å². The number of benzene rings is 1. The van der Waals surface area contributed by atoms with Crippen molar-refractivity contribution in [3.8, 4) is 17.2 Å². The summed E-state index contributed by atoms with van der Waals surface area (Å²) in [6.45, 7) is 0.504. The van der Waals surface area contributed by atoms with Crippen molar-refractivity contribution in [3.63, 3.8) is 0 Å². The lowest BCUT2D eigenvalue weighted by Crippen LogP contribution is -2.36. The Labute approximate surface area is 123 Å². The Morgan fingerprint density at radius 2 is 2.00 bits per heavy atom. The van der Waals surface area contributed by atoms with Gasteiger partial charge in [-0.05, 0) is 18.9 Å². The van der Waals surface area contributed by atoms with Crippen LogP contribution in [-0.2, 0) is 11.3 Å². The highest BCUT2D eigenvalue weighted by Gasteiger charge is 2.20. The maximum atomic E-state index is 11.9. The Kier molecular flexibility index (Phi) is 4.15. The van der Waals surface area contributed by atoms with E-state index in [0.717, 1.165) is 18.4 Å². The summed E-state index contributed by atoms with van der Waals surface area (Å²) < 4.78 is 16.2. The van der Waals surface area contributed by atoms with Gasteiger partial charge in [0.05, 0.1) is 0 Å². The van der Waals surface area contributed by atoms with Gasteiger partial charge in [0.15, 0.2) is 18.1 Å². The van der Waals surface area contributed by atoms with Gasteiger partial charge in [0, 0.05) is 24.2 Å². The largest absolute Gasteiger partial charge is 0.483 e. The zero-order valence-corrected chi connectivity index (χ0v) is 11.9. The minimum atomic E-state index is -0.0949. The topological polar surface area (TPSA) is 82.8 Å². The first kappa shape index (κ1) is 14.0. The molecule has 0 saturated heterocycles. The number of nitrogens with two attached hydrogens (primary N) is 1. The maximum absolute atomic E-state index is 11.9. The number of ether oxygens (including phenoxy) is 3. The average molecular weight is 292 g/mol. The minimum absolute atomic E-state index is 0.0108. The molecule has 1 heterocycles. The molecule has 1 aliphatic carbocycles. The van der Waals surface area contributed by atoms with Gasteiger partial charge in [-0.1, -0.05) is 12.8 Å². The van der Waals surface area contributed by atoms with Gasteiger partial charge in [-0.2, -0.15) is 0 Å². The van der Waals surface area contributed by atoms with Crippen LogP contribution in [0.4, 0.5) is 0 Å². The summed E-state index contributed by atoms with van der Waals surface area (Å²) in [7, 11) is 0. The summed E-state index contributed by atoms with van der Waals surface area (Å²) in [6.07, 6.45) is 4.49. The second-order valence-corrected chi connectivity index (χ2v) is 5.35. The molecule has 1 aliphatic heterocycles. The van der Waals surface area contributed by atoms with Crippen LogP contribution in [0.5, 0.6) is 17.2 Å². The molecule has 1 aromatic carbocycles. The number of rotatable bonds is 5. The smallest absolute Gasteiger partial charge is 0.258 e. The number of carbonyl (C=O) groups is 1. The first-order valence-corrected chi connectivity index (χ1v) is 7.31. The van der Waals surface area contributed by atoms with Crippen molar-refractivity contribution in [1.82, 2.24) is 5.32 Å². The quantitative estimate of drug-likeness (QED) is 0.855. The van der Waals surface area contributed by atoms with Crippen LogP contribution in [0.3, 0.4) is 0 Å². The molecule has 1 aromatic rings. The van der Waals surface area contributed by atoms with Crippen molar-refractivity contribution in [2.45, 2.75) is 38.3 Å². The zero-order valence-electron chi connectivity index (χ0n) is 11.9. The normalized spacial score (nSPS) is 17.0. The van der Waals surface area contributed by atoms with E-state index in [-0.39, 0.29) is 19.3 Å². The standard InChI is InChI=1S/C15H20N2O4/c16-7-10-5-13-14(21-9-20-13)6-12(10)19-8-15(18)17-11-3-1-2-4-11/h5-6,11H,1-4,7-9,16H2,(H,17,18). The molecule has 0 radical (unpaired) electrons. The minimum Gasteiger partial charge on any atom is -0.483 e. The SMILES string of the molecule is NCc1cc2c(cc1OCC(=O)NC1CCCC1)OCO2. The molecule has 1 amide bonds. The van der Waals surface area contributed by atoms with E-state index in [0.29, 0.717) is 29.8 Å². The van der Waals surface area contributed by atoms with Crippen molar-refractivity contribution in [2.75, 3.05) is 13.4 Å². The number of fused-ring (bicyclic) bond motifs is 1. The molecule has 114 valence electrons. The van der Waals surface area contributed by atoms with Crippen LogP contribution < -0.4 is 25.3 Å². The lowest BCUT2D eigenvalue weighted by Gasteiger charge is -2.14. The van der Waals surface area contributed by atoms with Crippen LogP contribution in [0.1, 0.15) is 31.2 Å². The molecule has 3 N–H and O–H groups in total. The number of carbonyl (C=O) groups excluding carboxylic acids is 1. The Morgan fingerprint density at radius 3 is 2.71 bits per heavy atom. The summed E-state index contributed by atoms with van der Waals surface area (Å²) in [4.78, 5) is 11.9. The number of hydrogen-bond acceptors (Lipinski definition) is 5. The molecule has 0 unspecified atom stereocenters. The Hall–Kier alpha value is -1.95. The van der Waals surface area contributed by atoms with Crippen LogP contribution in [0, 0.1) is 0 Å². The molecular weight excluding hydrogens is 272 g/mol. The maximum Gasteiger partial charge on any atom is 0.258 e. The lowest BCUT2D eigenvalue weighted by molar-refractivity contribution is -0.123. The van der Waals surface area contributed by atoms with E-state index >= 15 is 0 Å². The van der Waals surface area contributed by atoms with E-state index in [1.807, 2.05) is 0 Å². The van der Waals surface area contributed by atoms with Crippen molar-refractivity contribution < 1.29 is 19.0 Å². The fourth-order valence-electron chi connectivity index (χ4n) is 2.74. The fourth-order valence-corrected chi connectivity index (χ4v) is 2.74. The third-order valence-electron chi connectivity index (χ3n) is 3.85. The van der Waals surface area contributed by atoms with Crippen LogP contribution in [0.25, 0.3) is 0 Å². The molecule has 6 nitrogen and oxygen atoms in total. The molecule has 0 atom stereocenters. The predicted molar refractivity (Wildman–Crippen MR) is 76.4 cm³/mol. The van der Waals surface area contributed by atoms with Gasteiger partial charge in [-0.25, -0.2) is 0 Å². The molecule has 0 spiro atoms. The van der Waals surface area contributed by atoms with E-state index in [9.17, 15) is 4.79 Å². The molecule has 1 fully saturated rings. The van der Waals surface area contributed by atoms with Crippen molar-refractivity contribution in [3.05, 3.63) is 17.7 Å². The summed E-state index contributed by atoms with van der Waals surface area (Å²) in [6, 6.07) is 3.83. The van der Waals surface area contributed by atoms with Crippen molar-refractivity contribution >= 4 is 5.91 Å². The Balaban J connectivity index is 1.60. The molecular formula is C15H20N2O4. The van der Waals surface area contributed by atoms with Gasteiger partial charge in [-0.15, -0.1) is 0 Å². The zero-order chi connectivity index (χ0) is 14.7. The first-order valence-electron chi connectivity index (χ1n) is 7.31. The number of amides is 1. The Bertz CT molecular complexity index is 527. The molecule has 3 rings (SSSR count). The van der Waals surface area contributed by atoms with Crippen LogP contribution in [-0.4, -0.2) is 25.3 Å². The lowest BCUT2D eigenvalue weighted by atomic mass is 10.2. The number of nitrogens with one attached hydrogen (secondary N) is 1. The fraction of sp³-hybridized carbons (Fsp3) is 0.533. The third kappa shape index (κ3) is 3.21. The van der Waals surface area contributed by atoms with Crippen LogP contribution in [0.15, 0.2) is 12.1 Å². The van der Waals surface area contributed by atoms with E-state index in [1.54, 1.807) is 12.1 Å². The van der Waals surface area contributed by atoms with Crippen molar-refractivity contribution in [1.29, 1.82) is 0 Å². The van der Waals surface area contributed by atoms with Gasteiger partial charge in [0.2, 0.25) is 6.79 Å². The van der Waals surface area contributed by atoms with Crippen LogP contribution in [0.2, 0.25) is 0 Å². The molecule has 0 bridgehead atoms. The summed E-state index contributed by atoms with van der Waals surface area (Å²) in [5.41, 5.74) is 6.51. The van der Waals surface area contributed by atoms with Gasteiger partial charge < -0.3 is 25.3 Å². The summed E-state index contributed by atoms with van der Waals surface area (Å²) in [5, 5.41) is 2.99. The highest BCUT2D eigenvalue weighted by Crippen LogP contribution is 2.38.